The van der Waals surface area contributed by atoms with Crippen molar-refractivity contribution in [1.82, 2.24) is 5.32 Å². The van der Waals surface area contributed by atoms with Crippen molar-refractivity contribution in [3.63, 3.8) is 0 Å². The molecule has 1 aliphatic carbocycles. The first-order valence-corrected chi connectivity index (χ1v) is 9.23. The fourth-order valence-corrected chi connectivity index (χ4v) is 5.31. The van der Waals surface area contributed by atoms with E-state index in [1.807, 2.05) is 0 Å². The highest BCUT2D eigenvalue weighted by atomic mass is 32.2. The molecule has 1 heterocycles. The molecule has 20 heavy (non-hydrogen) atoms. The average molecular weight is 289 g/mol. The molecular weight excluding hydrogens is 262 g/mol. The number of nitrogens with one attached hydrogen (secondary N) is 1. The number of likely N-dealkylation sites (N-methyl/N-ethyl adjacent to an activating group) is 1. The fourth-order valence-electron chi connectivity index (χ4n) is 4.00. The van der Waals surface area contributed by atoms with Crippen LogP contribution in [-0.2, 0) is 0 Å². The molecule has 0 aromatic heterocycles. The summed E-state index contributed by atoms with van der Waals surface area (Å²) >= 11 is 2.05. The summed E-state index contributed by atoms with van der Waals surface area (Å²) in [7, 11) is 0. The quantitative estimate of drug-likeness (QED) is 0.863. The van der Waals surface area contributed by atoms with E-state index in [4.69, 9.17) is 0 Å². The molecule has 1 nitrogen and oxygen atoms in total. The van der Waals surface area contributed by atoms with Crippen LogP contribution in [0.5, 0.6) is 0 Å². The molecule has 1 fully saturated rings. The van der Waals surface area contributed by atoms with Crippen LogP contribution in [0.3, 0.4) is 0 Å². The third-order valence-electron chi connectivity index (χ3n) is 5.18. The Kier molecular flexibility index (Phi) is 4.72. The molecule has 2 unspecified atom stereocenters. The molecule has 2 atom stereocenters. The first-order valence-electron chi connectivity index (χ1n) is 8.24. The van der Waals surface area contributed by atoms with Crippen molar-refractivity contribution in [3.05, 3.63) is 29.8 Å². The number of hydrogen-bond acceptors (Lipinski definition) is 2. The monoisotopic (exact) mass is 289 g/mol. The van der Waals surface area contributed by atoms with Crippen LogP contribution in [0.15, 0.2) is 29.2 Å². The summed E-state index contributed by atoms with van der Waals surface area (Å²) in [4.78, 5) is 1.52. The molecule has 110 valence electrons. The van der Waals surface area contributed by atoms with E-state index in [0.717, 1.165) is 24.3 Å². The molecule has 2 heteroatoms. The lowest BCUT2D eigenvalue weighted by Crippen LogP contribution is -2.42. The van der Waals surface area contributed by atoms with Crippen LogP contribution >= 0.6 is 11.8 Å². The summed E-state index contributed by atoms with van der Waals surface area (Å²) in [5.41, 5.74) is 1.60. The third kappa shape index (κ3) is 2.92. The van der Waals surface area contributed by atoms with Gasteiger partial charge in [0.2, 0.25) is 0 Å². The van der Waals surface area contributed by atoms with Gasteiger partial charge in [0.25, 0.3) is 0 Å². The Bertz CT molecular complexity index is 437. The van der Waals surface area contributed by atoms with Crippen molar-refractivity contribution in [1.29, 1.82) is 0 Å². The molecule has 1 N–H and O–H groups in total. The van der Waals surface area contributed by atoms with Gasteiger partial charge in [0, 0.05) is 22.6 Å². The molecule has 0 spiro atoms. The van der Waals surface area contributed by atoms with E-state index >= 15 is 0 Å². The molecule has 0 saturated heterocycles. The van der Waals surface area contributed by atoms with E-state index in [-0.39, 0.29) is 0 Å². The van der Waals surface area contributed by atoms with Crippen LogP contribution in [0.1, 0.15) is 51.0 Å². The smallest absolute Gasteiger partial charge is 0.0172 e. The molecular formula is C18H27NS. The van der Waals surface area contributed by atoms with Gasteiger partial charge in [0.1, 0.15) is 0 Å². The van der Waals surface area contributed by atoms with Gasteiger partial charge in [-0.25, -0.2) is 0 Å². The molecule has 1 aliphatic heterocycles. The van der Waals surface area contributed by atoms with Crippen LogP contribution < -0.4 is 5.32 Å². The average Bonchev–Trinajstić information content (AvgIpc) is 2.90. The Morgan fingerprint density at radius 1 is 1.20 bits per heavy atom. The number of thioether (sulfide) groups is 1. The van der Waals surface area contributed by atoms with Crippen LogP contribution in [0.2, 0.25) is 0 Å². The van der Waals surface area contributed by atoms with Gasteiger partial charge in [0.05, 0.1) is 0 Å². The first-order chi connectivity index (χ1) is 9.79. The van der Waals surface area contributed by atoms with Gasteiger partial charge in [-0.15, -0.1) is 11.8 Å². The maximum Gasteiger partial charge on any atom is 0.0172 e. The van der Waals surface area contributed by atoms with E-state index in [0.29, 0.717) is 6.04 Å². The van der Waals surface area contributed by atoms with Gasteiger partial charge < -0.3 is 5.32 Å². The first kappa shape index (κ1) is 14.5. The predicted molar refractivity (Wildman–Crippen MR) is 88.5 cm³/mol. The SMILES string of the molecule is CCNC(C1CCC(C)CC1)C1CSc2ccccc21. The normalized spacial score (nSPS) is 31.0. The molecule has 0 radical (unpaired) electrons. The molecule has 1 aromatic carbocycles. The minimum absolute atomic E-state index is 0.684. The van der Waals surface area contributed by atoms with Gasteiger partial charge >= 0.3 is 0 Å². The summed E-state index contributed by atoms with van der Waals surface area (Å²) in [5.74, 6) is 3.81. The Morgan fingerprint density at radius 2 is 1.95 bits per heavy atom. The van der Waals surface area contributed by atoms with Gasteiger partial charge in [-0.1, -0.05) is 44.9 Å². The maximum absolute atomic E-state index is 3.84. The lowest BCUT2D eigenvalue weighted by molar-refractivity contribution is 0.216. The van der Waals surface area contributed by atoms with E-state index in [1.54, 1.807) is 5.56 Å². The maximum atomic E-state index is 3.84. The van der Waals surface area contributed by atoms with Crippen molar-refractivity contribution < 1.29 is 0 Å². The molecule has 0 amide bonds. The largest absolute Gasteiger partial charge is 0.313 e. The van der Waals surface area contributed by atoms with E-state index < -0.39 is 0 Å². The van der Waals surface area contributed by atoms with Crippen LogP contribution in [-0.4, -0.2) is 18.3 Å². The highest BCUT2D eigenvalue weighted by Crippen LogP contribution is 2.45. The molecule has 3 rings (SSSR count). The fraction of sp³-hybridized carbons (Fsp3) is 0.667. The molecule has 1 aromatic rings. The van der Waals surface area contributed by atoms with Crippen LogP contribution in [0, 0.1) is 11.8 Å². The summed E-state index contributed by atoms with van der Waals surface area (Å²) in [6, 6.07) is 9.73. The number of fused-ring (bicyclic) bond motifs is 1. The Labute approximate surface area is 127 Å². The molecule has 2 aliphatic rings. The lowest BCUT2D eigenvalue weighted by atomic mass is 9.74. The highest BCUT2D eigenvalue weighted by Gasteiger charge is 2.35. The Morgan fingerprint density at radius 3 is 2.70 bits per heavy atom. The number of rotatable bonds is 4. The van der Waals surface area contributed by atoms with Crippen molar-refractivity contribution in [2.45, 2.75) is 56.4 Å². The Balaban J connectivity index is 1.78. The number of benzene rings is 1. The zero-order chi connectivity index (χ0) is 13.9. The summed E-state index contributed by atoms with van der Waals surface area (Å²) < 4.78 is 0. The van der Waals surface area contributed by atoms with E-state index in [2.05, 4.69) is 55.2 Å². The van der Waals surface area contributed by atoms with E-state index in [9.17, 15) is 0 Å². The highest BCUT2D eigenvalue weighted by molar-refractivity contribution is 7.99. The van der Waals surface area contributed by atoms with Crippen molar-refractivity contribution in [3.8, 4) is 0 Å². The standard InChI is InChI=1S/C18H27NS/c1-3-19-18(14-10-8-13(2)9-11-14)16-12-20-17-7-5-4-6-15(16)17/h4-7,13-14,16,18-19H,3,8-12H2,1-2H3. The minimum atomic E-state index is 0.684. The van der Waals surface area contributed by atoms with Crippen molar-refractivity contribution in [2.75, 3.05) is 12.3 Å². The number of hydrogen-bond donors (Lipinski definition) is 1. The topological polar surface area (TPSA) is 12.0 Å². The van der Waals surface area contributed by atoms with Crippen LogP contribution in [0.4, 0.5) is 0 Å². The van der Waals surface area contributed by atoms with Gasteiger partial charge in [-0.2, -0.15) is 0 Å². The second kappa shape index (κ2) is 6.53. The molecule has 1 saturated carbocycles. The second-order valence-corrected chi connectivity index (χ2v) is 7.62. The predicted octanol–water partition coefficient (Wildman–Crippen LogP) is 4.68. The summed E-state index contributed by atoms with van der Waals surface area (Å²) in [6.07, 6.45) is 5.69. The van der Waals surface area contributed by atoms with E-state index in [1.165, 1.54) is 36.3 Å². The second-order valence-electron chi connectivity index (χ2n) is 6.56. The zero-order valence-electron chi connectivity index (χ0n) is 12.8. The van der Waals surface area contributed by atoms with Crippen LogP contribution in [0.25, 0.3) is 0 Å². The third-order valence-corrected chi connectivity index (χ3v) is 6.39. The van der Waals surface area contributed by atoms with Gasteiger partial charge in [0.15, 0.2) is 0 Å². The van der Waals surface area contributed by atoms with Crippen molar-refractivity contribution in [2.24, 2.45) is 11.8 Å². The molecule has 0 bridgehead atoms. The van der Waals surface area contributed by atoms with Gasteiger partial charge in [-0.3, -0.25) is 0 Å². The minimum Gasteiger partial charge on any atom is -0.313 e. The summed E-state index contributed by atoms with van der Waals surface area (Å²) in [5, 5.41) is 3.84. The zero-order valence-corrected chi connectivity index (χ0v) is 13.6. The summed E-state index contributed by atoms with van der Waals surface area (Å²) in [6.45, 7) is 5.77. The Hall–Kier alpha value is -0.470. The lowest BCUT2D eigenvalue weighted by Gasteiger charge is -2.36. The van der Waals surface area contributed by atoms with Gasteiger partial charge in [-0.05, 0) is 42.9 Å². The van der Waals surface area contributed by atoms with Crippen molar-refractivity contribution >= 4 is 11.8 Å².